The van der Waals surface area contributed by atoms with Crippen LogP contribution in [0.1, 0.15) is 38.8 Å². The van der Waals surface area contributed by atoms with E-state index in [2.05, 4.69) is 30.6 Å². The van der Waals surface area contributed by atoms with Gasteiger partial charge in [0.05, 0.1) is 29.4 Å². The Kier molecular flexibility index (Phi) is 4.40. The second kappa shape index (κ2) is 6.22. The summed E-state index contributed by atoms with van der Waals surface area (Å²) in [4.78, 5) is 0.243. The number of hydrogen-bond acceptors (Lipinski definition) is 4. The van der Waals surface area contributed by atoms with E-state index >= 15 is 0 Å². The number of anilines is 1. The van der Waals surface area contributed by atoms with Crippen molar-refractivity contribution in [1.82, 2.24) is 9.78 Å². The molecule has 1 aromatic heterocycles. The van der Waals surface area contributed by atoms with E-state index in [1.165, 1.54) is 6.20 Å². The SMILES string of the molecule is CC(C)(C)c1ccc(S(=O)(=O)Nc2cnn([C@H]3CCOC3)c2)cc1. The van der Waals surface area contributed by atoms with Crippen LogP contribution in [0.2, 0.25) is 0 Å². The molecule has 2 aromatic rings. The lowest BCUT2D eigenvalue weighted by molar-refractivity contribution is 0.184. The first-order valence-electron chi connectivity index (χ1n) is 8.01. The summed E-state index contributed by atoms with van der Waals surface area (Å²) in [5.41, 5.74) is 1.54. The third kappa shape index (κ3) is 3.62. The van der Waals surface area contributed by atoms with Crippen molar-refractivity contribution in [2.75, 3.05) is 17.9 Å². The third-order valence-electron chi connectivity index (χ3n) is 4.16. The van der Waals surface area contributed by atoms with Crippen LogP contribution in [0, 0.1) is 0 Å². The highest BCUT2D eigenvalue weighted by Crippen LogP contribution is 2.25. The highest BCUT2D eigenvalue weighted by Gasteiger charge is 2.21. The van der Waals surface area contributed by atoms with Gasteiger partial charge in [-0.3, -0.25) is 9.40 Å². The van der Waals surface area contributed by atoms with Crippen LogP contribution in [-0.4, -0.2) is 31.4 Å². The minimum Gasteiger partial charge on any atom is -0.379 e. The van der Waals surface area contributed by atoms with Crippen LogP contribution >= 0.6 is 0 Å². The average molecular weight is 349 g/mol. The van der Waals surface area contributed by atoms with Gasteiger partial charge in [-0.25, -0.2) is 8.42 Å². The van der Waals surface area contributed by atoms with E-state index in [1.54, 1.807) is 23.0 Å². The number of sulfonamides is 1. The van der Waals surface area contributed by atoms with Gasteiger partial charge in [0.1, 0.15) is 0 Å². The maximum Gasteiger partial charge on any atom is 0.261 e. The molecule has 1 aromatic carbocycles. The van der Waals surface area contributed by atoms with Crippen molar-refractivity contribution >= 4 is 15.7 Å². The van der Waals surface area contributed by atoms with Gasteiger partial charge in [0.15, 0.2) is 0 Å². The van der Waals surface area contributed by atoms with Crippen molar-refractivity contribution in [1.29, 1.82) is 0 Å². The summed E-state index contributed by atoms with van der Waals surface area (Å²) in [6, 6.07) is 7.16. The quantitative estimate of drug-likeness (QED) is 0.921. The molecule has 0 amide bonds. The molecular weight excluding hydrogens is 326 g/mol. The standard InChI is InChI=1S/C17H23N3O3S/c1-17(2,3)13-4-6-16(7-5-13)24(21,22)19-14-10-18-20(11-14)15-8-9-23-12-15/h4-7,10-11,15,19H,8-9,12H2,1-3H3/t15-/m0/s1. The molecule has 0 radical (unpaired) electrons. The summed E-state index contributed by atoms with van der Waals surface area (Å²) in [5, 5.41) is 4.23. The summed E-state index contributed by atoms with van der Waals surface area (Å²) in [7, 11) is -3.62. The van der Waals surface area contributed by atoms with Crippen LogP contribution in [-0.2, 0) is 20.2 Å². The molecule has 1 fully saturated rings. The van der Waals surface area contributed by atoms with Crippen molar-refractivity contribution in [3.05, 3.63) is 42.2 Å². The van der Waals surface area contributed by atoms with Gasteiger partial charge in [-0.2, -0.15) is 5.10 Å². The van der Waals surface area contributed by atoms with Crippen LogP contribution in [0.25, 0.3) is 0 Å². The summed E-state index contributed by atoms with van der Waals surface area (Å²) in [6.07, 6.45) is 4.13. The van der Waals surface area contributed by atoms with E-state index in [0.29, 0.717) is 18.9 Å². The van der Waals surface area contributed by atoms with Gasteiger partial charge in [0, 0.05) is 12.8 Å². The van der Waals surface area contributed by atoms with E-state index in [9.17, 15) is 8.42 Å². The minimum atomic E-state index is -3.62. The predicted molar refractivity (Wildman–Crippen MR) is 92.7 cm³/mol. The normalized spacial score (nSPS) is 18.7. The highest BCUT2D eigenvalue weighted by molar-refractivity contribution is 7.92. The molecule has 3 rings (SSSR count). The average Bonchev–Trinajstić information content (AvgIpc) is 3.17. The Morgan fingerprint density at radius 2 is 1.96 bits per heavy atom. The summed E-state index contributed by atoms with van der Waals surface area (Å²) < 4.78 is 34.7. The zero-order chi connectivity index (χ0) is 17.4. The Balaban J connectivity index is 1.76. The summed E-state index contributed by atoms with van der Waals surface area (Å²) in [6.45, 7) is 7.61. The van der Waals surface area contributed by atoms with Gasteiger partial charge < -0.3 is 4.74 Å². The molecule has 130 valence electrons. The smallest absolute Gasteiger partial charge is 0.261 e. The largest absolute Gasteiger partial charge is 0.379 e. The Bertz CT molecular complexity index is 798. The van der Waals surface area contributed by atoms with Crippen molar-refractivity contribution in [3.63, 3.8) is 0 Å². The maximum absolute atomic E-state index is 12.5. The zero-order valence-electron chi connectivity index (χ0n) is 14.2. The molecule has 24 heavy (non-hydrogen) atoms. The number of hydrogen-bond donors (Lipinski definition) is 1. The number of benzene rings is 1. The van der Waals surface area contributed by atoms with E-state index in [4.69, 9.17) is 4.74 Å². The molecule has 6 nitrogen and oxygen atoms in total. The second-order valence-corrected chi connectivity index (χ2v) is 8.79. The number of ether oxygens (including phenoxy) is 1. The number of nitrogens with zero attached hydrogens (tertiary/aromatic N) is 2. The van der Waals surface area contributed by atoms with Gasteiger partial charge in [0.25, 0.3) is 10.0 Å². The van der Waals surface area contributed by atoms with Crippen molar-refractivity contribution in [2.24, 2.45) is 0 Å². The lowest BCUT2D eigenvalue weighted by atomic mass is 9.87. The molecule has 7 heteroatoms. The molecule has 1 N–H and O–H groups in total. The summed E-state index contributed by atoms with van der Waals surface area (Å²) in [5.74, 6) is 0. The monoisotopic (exact) mass is 349 g/mol. The van der Waals surface area contributed by atoms with E-state index < -0.39 is 10.0 Å². The van der Waals surface area contributed by atoms with Crippen LogP contribution < -0.4 is 4.72 Å². The molecule has 2 heterocycles. The number of rotatable bonds is 4. The predicted octanol–water partition coefficient (Wildman–Crippen LogP) is 2.94. The van der Waals surface area contributed by atoms with Crippen LogP contribution in [0.4, 0.5) is 5.69 Å². The molecule has 0 spiro atoms. The fraction of sp³-hybridized carbons (Fsp3) is 0.471. The number of nitrogens with one attached hydrogen (secondary N) is 1. The first-order chi connectivity index (χ1) is 11.3. The molecule has 1 aliphatic rings. The van der Waals surface area contributed by atoms with Gasteiger partial charge in [-0.15, -0.1) is 0 Å². The van der Waals surface area contributed by atoms with Crippen LogP contribution in [0.3, 0.4) is 0 Å². The fourth-order valence-corrected chi connectivity index (χ4v) is 3.70. The Morgan fingerprint density at radius 3 is 2.54 bits per heavy atom. The van der Waals surface area contributed by atoms with Gasteiger partial charge in [0.2, 0.25) is 0 Å². The van der Waals surface area contributed by atoms with Crippen LogP contribution in [0.5, 0.6) is 0 Å². The Morgan fingerprint density at radius 1 is 1.25 bits per heavy atom. The Labute approximate surface area is 142 Å². The first-order valence-corrected chi connectivity index (χ1v) is 9.49. The molecule has 0 bridgehead atoms. The lowest BCUT2D eigenvalue weighted by Gasteiger charge is -2.19. The molecule has 0 unspecified atom stereocenters. The highest BCUT2D eigenvalue weighted by atomic mass is 32.2. The zero-order valence-corrected chi connectivity index (χ0v) is 15.0. The molecule has 1 saturated heterocycles. The van der Waals surface area contributed by atoms with Gasteiger partial charge >= 0.3 is 0 Å². The topological polar surface area (TPSA) is 73.2 Å². The molecule has 1 aliphatic heterocycles. The Hall–Kier alpha value is -1.86. The molecule has 1 atom stereocenters. The fourth-order valence-electron chi connectivity index (χ4n) is 2.67. The maximum atomic E-state index is 12.5. The molecule has 0 aliphatic carbocycles. The molecule has 0 saturated carbocycles. The summed E-state index contributed by atoms with van der Waals surface area (Å²) >= 11 is 0. The van der Waals surface area contributed by atoms with Crippen LogP contribution in [0.15, 0.2) is 41.6 Å². The van der Waals surface area contributed by atoms with Crippen molar-refractivity contribution < 1.29 is 13.2 Å². The van der Waals surface area contributed by atoms with Crippen molar-refractivity contribution in [2.45, 2.75) is 43.5 Å². The number of aromatic nitrogens is 2. The van der Waals surface area contributed by atoms with Gasteiger partial charge in [-0.05, 0) is 29.5 Å². The minimum absolute atomic E-state index is 0.0137. The second-order valence-electron chi connectivity index (χ2n) is 7.11. The third-order valence-corrected chi connectivity index (χ3v) is 5.56. The molecular formula is C17H23N3O3S. The van der Waals surface area contributed by atoms with Gasteiger partial charge in [-0.1, -0.05) is 32.9 Å². The van der Waals surface area contributed by atoms with E-state index in [0.717, 1.165) is 12.0 Å². The lowest BCUT2D eigenvalue weighted by Crippen LogP contribution is -2.14. The van der Waals surface area contributed by atoms with E-state index in [-0.39, 0.29) is 16.4 Å². The van der Waals surface area contributed by atoms with Crippen molar-refractivity contribution in [3.8, 4) is 0 Å². The first kappa shape index (κ1) is 17.0. The van der Waals surface area contributed by atoms with E-state index in [1.807, 2.05) is 12.1 Å².